The average molecular weight is 167 g/mol. The Morgan fingerprint density at radius 2 is 1.70 bits per heavy atom. The van der Waals surface area contributed by atoms with Crippen LogP contribution in [0.5, 0.6) is 0 Å². The first kappa shape index (κ1) is 12.6. The summed E-state index contributed by atoms with van der Waals surface area (Å²) in [6, 6.07) is 0. The predicted molar refractivity (Wildman–Crippen MR) is 23.4 cm³/mol. The van der Waals surface area contributed by atoms with Crippen LogP contribution in [0.3, 0.4) is 0 Å². The van der Waals surface area contributed by atoms with E-state index in [0.717, 1.165) is 0 Å². The molecule has 1 N–H and O–H groups in total. The summed E-state index contributed by atoms with van der Waals surface area (Å²) in [6.45, 7) is 0. The van der Waals surface area contributed by atoms with E-state index in [4.69, 9.17) is 5.53 Å². The van der Waals surface area contributed by atoms with Crippen molar-refractivity contribution in [3.63, 3.8) is 0 Å². The van der Waals surface area contributed by atoms with Gasteiger partial charge in [0.1, 0.15) is 0 Å². The molecule has 0 rings (SSSR count). The Kier molecular flexibility index (Phi) is 14.7. The summed E-state index contributed by atoms with van der Waals surface area (Å²) in [4.78, 5) is 0. The zero-order valence-corrected chi connectivity index (χ0v) is 8.29. The molecule has 0 aromatic rings. The van der Waals surface area contributed by atoms with E-state index < -0.39 is 0 Å². The molecule has 0 bridgehead atoms. The van der Waals surface area contributed by atoms with E-state index in [-0.39, 0.29) is 57.8 Å². The van der Waals surface area contributed by atoms with E-state index in [0.29, 0.717) is 0 Å². The summed E-state index contributed by atoms with van der Waals surface area (Å²) >= 11 is 0. The van der Waals surface area contributed by atoms with Crippen LogP contribution >= 0.6 is 0 Å². The first-order chi connectivity index (χ1) is 4.41. The fourth-order valence-electron chi connectivity index (χ4n) is 0.1000. The summed E-state index contributed by atoms with van der Waals surface area (Å²) in [5.74, 6) is 0. The van der Waals surface area contributed by atoms with Crippen molar-refractivity contribution < 1.29 is 56.5 Å². The fraction of sp³-hybridized carbons (Fsp3) is 0. The molecule has 0 aliphatic carbocycles. The third-order valence-electron chi connectivity index (χ3n) is 0.264. The van der Waals surface area contributed by atoms with Crippen LogP contribution in [-0.2, 0) is 0 Å². The van der Waals surface area contributed by atoms with Crippen LogP contribution in [0.4, 0.5) is 0 Å². The Bertz CT molecular complexity index is 150. The second-order valence-electron chi connectivity index (χ2n) is 0.679. The van der Waals surface area contributed by atoms with Crippen molar-refractivity contribution in [1.29, 1.82) is 5.53 Å². The topological polar surface area (TPSA) is 121 Å². The Morgan fingerprint density at radius 1 is 1.10 bits per heavy atom. The van der Waals surface area contributed by atoms with Crippen LogP contribution in [0.25, 0.3) is 0 Å². The summed E-state index contributed by atoms with van der Waals surface area (Å²) < 4.78 is 0. The fourth-order valence-corrected chi connectivity index (χ4v) is 0.1000. The SMILES string of the molecule is N=N/N=N/N=N/N=C/[O-].[K+]. The quantitative estimate of drug-likeness (QED) is 0.156. The number of hydrogen-bond donors (Lipinski definition) is 1. The van der Waals surface area contributed by atoms with Crippen LogP contribution in [0.1, 0.15) is 0 Å². The maximum absolute atomic E-state index is 9.38. The molecular formula is CH2KN7O. The molecule has 0 amide bonds. The third kappa shape index (κ3) is 10.8. The molecule has 0 radical (unpaired) electrons. The van der Waals surface area contributed by atoms with E-state index in [2.05, 4.69) is 31.2 Å². The molecule has 0 aliphatic heterocycles. The molecule has 0 aromatic heterocycles. The van der Waals surface area contributed by atoms with Gasteiger partial charge < -0.3 is 5.11 Å². The molecule has 48 valence electrons. The van der Waals surface area contributed by atoms with Crippen molar-refractivity contribution in [1.82, 2.24) is 0 Å². The van der Waals surface area contributed by atoms with Crippen molar-refractivity contribution in [3.8, 4) is 0 Å². The largest absolute Gasteiger partial charge is 1.00 e. The molecule has 0 atom stereocenters. The van der Waals surface area contributed by atoms with E-state index >= 15 is 0 Å². The maximum atomic E-state index is 9.38. The second-order valence-corrected chi connectivity index (χ2v) is 0.679. The zero-order chi connectivity index (χ0) is 6.95. The molecule has 0 spiro atoms. The summed E-state index contributed by atoms with van der Waals surface area (Å²) in [5.41, 5.74) is 6.05. The van der Waals surface area contributed by atoms with Gasteiger partial charge in [0.15, 0.2) is 0 Å². The summed E-state index contributed by atoms with van der Waals surface area (Å²) in [7, 11) is 0. The monoisotopic (exact) mass is 167 g/mol. The molecule has 0 saturated carbocycles. The van der Waals surface area contributed by atoms with Gasteiger partial charge in [0.05, 0.1) is 0 Å². The molecule has 0 saturated heterocycles. The minimum absolute atomic E-state index is 0. The standard InChI is InChI=1S/CH3N7O.K/c2-4-6-8-7-5-3-1-9;/h1H,(H2,2,3,6,7,9);/q;+1/p-1. The number of nitrogens with zero attached hydrogens (tertiary/aromatic N) is 6. The third-order valence-corrected chi connectivity index (χ3v) is 0.264. The number of nitrogens with one attached hydrogen (secondary N) is 1. The van der Waals surface area contributed by atoms with Gasteiger partial charge in [-0.25, -0.2) is 0 Å². The van der Waals surface area contributed by atoms with Gasteiger partial charge in [-0.05, 0) is 32.5 Å². The zero-order valence-electron chi connectivity index (χ0n) is 5.17. The average Bonchev–Trinajstić information content (AvgIpc) is 1.89. The van der Waals surface area contributed by atoms with Gasteiger partial charge in [0, 0.05) is 0 Å². The van der Waals surface area contributed by atoms with Gasteiger partial charge in [0.2, 0.25) is 0 Å². The molecule has 0 heterocycles. The van der Waals surface area contributed by atoms with Gasteiger partial charge in [-0.15, -0.1) is 0 Å². The Hall–Kier alpha value is -0.0936. The van der Waals surface area contributed by atoms with Gasteiger partial charge in [-0.2, -0.15) is 10.6 Å². The van der Waals surface area contributed by atoms with Crippen LogP contribution < -0.4 is 56.5 Å². The Balaban J connectivity index is 0. The summed E-state index contributed by atoms with van der Waals surface area (Å²) in [5, 5.41) is 25.8. The molecule has 8 nitrogen and oxygen atoms in total. The van der Waals surface area contributed by atoms with Crippen LogP contribution in [0.15, 0.2) is 31.2 Å². The Morgan fingerprint density at radius 3 is 2.20 bits per heavy atom. The smallest absolute Gasteiger partial charge is 0.863 e. The first-order valence-electron chi connectivity index (χ1n) is 1.72. The van der Waals surface area contributed by atoms with E-state index in [9.17, 15) is 5.11 Å². The molecule has 0 aliphatic rings. The van der Waals surface area contributed by atoms with E-state index in [1.807, 2.05) is 0 Å². The maximum Gasteiger partial charge on any atom is 1.00 e. The number of hydrogen-bond acceptors (Lipinski definition) is 3. The van der Waals surface area contributed by atoms with Gasteiger partial charge in [0.25, 0.3) is 0 Å². The molecule has 0 fully saturated rings. The summed E-state index contributed by atoms with van der Waals surface area (Å²) in [6.07, 6.45) is 0.191. The molecule has 9 heteroatoms. The molecule has 0 aromatic carbocycles. The molecule has 10 heavy (non-hydrogen) atoms. The molecular weight excluding hydrogens is 165 g/mol. The van der Waals surface area contributed by atoms with Crippen LogP contribution in [0, 0.1) is 5.53 Å². The van der Waals surface area contributed by atoms with Crippen molar-refractivity contribution in [2.45, 2.75) is 0 Å². The minimum atomic E-state index is 0. The van der Waals surface area contributed by atoms with Gasteiger partial charge in [-0.3, -0.25) is 0 Å². The number of rotatable bonds is 3. The van der Waals surface area contributed by atoms with Gasteiger partial charge >= 0.3 is 51.4 Å². The van der Waals surface area contributed by atoms with Crippen molar-refractivity contribution in [2.75, 3.05) is 0 Å². The normalized spacial score (nSPS) is 10.8. The first-order valence-corrected chi connectivity index (χ1v) is 1.72. The van der Waals surface area contributed by atoms with Crippen molar-refractivity contribution >= 4 is 6.40 Å². The van der Waals surface area contributed by atoms with E-state index in [1.165, 1.54) is 0 Å². The van der Waals surface area contributed by atoms with E-state index in [1.54, 1.807) is 0 Å². The Labute approximate surface area is 98.4 Å². The van der Waals surface area contributed by atoms with Crippen LogP contribution in [0.2, 0.25) is 0 Å². The minimum Gasteiger partial charge on any atom is -0.863 e. The van der Waals surface area contributed by atoms with Crippen LogP contribution in [-0.4, -0.2) is 6.40 Å². The predicted octanol–water partition coefficient (Wildman–Crippen LogP) is -2.94. The van der Waals surface area contributed by atoms with Crippen molar-refractivity contribution in [2.24, 2.45) is 31.2 Å². The second kappa shape index (κ2) is 11.7. The van der Waals surface area contributed by atoms with Gasteiger partial charge in [-0.1, -0.05) is 0 Å². The van der Waals surface area contributed by atoms with Crippen molar-refractivity contribution in [3.05, 3.63) is 0 Å². The molecule has 0 unspecified atom stereocenters.